The van der Waals surface area contributed by atoms with Gasteiger partial charge < -0.3 is 0 Å². The highest BCUT2D eigenvalue weighted by Gasteiger charge is 2.14. The van der Waals surface area contributed by atoms with Crippen LogP contribution < -0.4 is 0 Å². The Bertz CT molecular complexity index is 378. The van der Waals surface area contributed by atoms with E-state index in [1.54, 1.807) is 11.9 Å². The minimum Gasteiger partial charge on any atom is -0.298 e. The van der Waals surface area contributed by atoms with E-state index in [0.29, 0.717) is 6.42 Å². The van der Waals surface area contributed by atoms with E-state index in [0.717, 1.165) is 0 Å². The Morgan fingerprint density at radius 3 is 2.44 bits per heavy atom. The highest BCUT2D eigenvalue weighted by molar-refractivity contribution is 5.19. The third-order valence-electron chi connectivity index (χ3n) is 2.61. The molecular formula is C12H14F2N2. The smallest absolute Gasteiger partial charge is 0.130 e. The molecule has 0 bridgehead atoms. The van der Waals surface area contributed by atoms with Crippen LogP contribution in [-0.4, -0.2) is 18.0 Å². The van der Waals surface area contributed by atoms with Crippen LogP contribution in [0, 0.1) is 23.0 Å². The maximum Gasteiger partial charge on any atom is 0.130 e. The van der Waals surface area contributed by atoms with E-state index in [-0.39, 0.29) is 18.2 Å². The van der Waals surface area contributed by atoms with Crippen LogP contribution in [0.4, 0.5) is 8.78 Å². The Balaban J connectivity index is 2.77. The number of nitrogens with zero attached hydrogens (tertiary/aromatic N) is 2. The summed E-state index contributed by atoms with van der Waals surface area (Å²) >= 11 is 0. The zero-order valence-corrected chi connectivity index (χ0v) is 9.37. The fourth-order valence-electron chi connectivity index (χ4n) is 1.38. The van der Waals surface area contributed by atoms with E-state index in [9.17, 15) is 8.78 Å². The van der Waals surface area contributed by atoms with Gasteiger partial charge in [-0.1, -0.05) is 6.07 Å². The summed E-state index contributed by atoms with van der Waals surface area (Å²) in [6.45, 7) is 2.02. The normalized spacial score (nSPS) is 12.5. The van der Waals surface area contributed by atoms with Crippen LogP contribution in [0.25, 0.3) is 0 Å². The number of hydrogen-bond donors (Lipinski definition) is 0. The van der Waals surface area contributed by atoms with Crippen molar-refractivity contribution in [2.75, 3.05) is 7.05 Å². The lowest BCUT2D eigenvalue weighted by molar-refractivity contribution is 0.245. The van der Waals surface area contributed by atoms with Gasteiger partial charge in [0.2, 0.25) is 0 Å². The molecule has 0 saturated carbocycles. The molecule has 1 aromatic rings. The van der Waals surface area contributed by atoms with E-state index in [1.807, 2.05) is 13.0 Å². The average molecular weight is 224 g/mol. The largest absolute Gasteiger partial charge is 0.298 e. The fraction of sp³-hybridized carbons (Fsp3) is 0.417. The third-order valence-corrected chi connectivity index (χ3v) is 2.61. The van der Waals surface area contributed by atoms with Gasteiger partial charge in [0, 0.05) is 18.2 Å². The summed E-state index contributed by atoms with van der Waals surface area (Å²) < 4.78 is 26.7. The van der Waals surface area contributed by atoms with Crippen LogP contribution in [0.5, 0.6) is 0 Å². The lowest BCUT2D eigenvalue weighted by Gasteiger charge is -2.22. The van der Waals surface area contributed by atoms with Gasteiger partial charge in [0.05, 0.1) is 12.5 Å². The van der Waals surface area contributed by atoms with Crippen molar-refractivity contribution in [2.45, 2.75) is 25.9 Å². The third kappa shape index (κ3) is 3.01. The van der Waals surface area contributed by atoms with E-state index >= 15 is 0 Å². The second-order valence-electron chi connectivity index (χ2n) is 3.83. The van der Waals surface area contributed by atoms with Gasteiger partial charge in [-0.25, -0.2) is 8.78 Å². The predicted molar refractivity (Wildman–Crippen MR) is 57.5 cm³/mol. The zero-order chi connectivity index (χ0) is 12.1. The van der Waals surface area contributed by atoms with Crippen molar-refractivity contribution in [1.29, 1.82) is 5.26 Å². The first-order chi connectivity index (χ1) is 7.56. The Kier molecular flexibility index (Phi) is 4.39. The van der Waals surface area contributed by atoms with Gasteiger partial charge in [-0.05, 0) is 26.1 Å². The predicted octanol–water partition coefficient (Wildman–Crippen LogP) is 2.70. The summed E-state index contributed by atoms with van der Waals surface area (Å²) in [5, 5.41) is 8.54. The van der Waals surface area contributed by atoms with Gasteiger partial charge >= 0.3 is 0 Å². The second-order valence-corrected chi connectivity index (χ2v) is 3.83. The lowest BCUT2D eigenvalue weighted by Crippen LogP contribution is -2.29. The first kappa shape index (κ1) is 12.6. The second kappa shape index (κ2) is 5.57. The molecule has 1 aromatic carbocycles. The molecular weight excluding hydrogens is 210 g/mol. The highest BCUT2D eigenvalue weighted by Crippen LogP contribution is 2.15. The van der Waals surface area contributed by atoms with E-state index in [1.165, 1.54) is 18.2 Å². The number of halogens is 2. The molecule has 0 heterocycles. The van der Waals surface area contributed by atoms with Crippen molar-refractivity contribution in [3.05, 3.63) is 35.4 Å². The van der Waals surface area contributed by atoms with Gasteiger partial charge in [-0.3, -0.25) is 4.90 Å². The minimum atomic E-state index is -0.545. The molecule has 1 atom stereocenters. The Morgan fingerprint density at radius 1 is 1.38 bits per heavy atom. The molecule has 4 heteroatoms. The average Bonchev–Trinajstić information content (AvgIpc) is 2.23. The number of nitriles is 1. The monoisotopic (exact) mass is 224 g/mol. The van der Waals surface area contributed by atoms with E-state index in [4.69, 9.17) is 5.26 Å². The summed E-state index contributed by atoms with van der Waals surface area (Å²) in [7, 11) is 1.74. The first-order valence-electron chi connectivity index (χ1n) is 5.06. The maximum absolute atomic E-state index is 13.3. The standard InChI is InChI=1S/C12H14F2N2/c1-9(6-7-15)16(2)8-10-11(13)4-3-5-12(10)14/h3-5,9H,6,8H2,1-2H3. The summed E-state index contributed by atoms with van der Waals surface area (Å²) in [5.41, 5.74) is 0.0507. The molecule has 1 unspecified atom stereocenters. The van der Waals surface area contributed by atoms with Gasteiger partial charge in [0.1, 0.15) is 11.6 Å². The molecule has 0 fully saturated rings. The van der Waals surface area contributed by atoms with E-state index < -0.39 is 11.6 Å². The van der Waals surface area contributed by atoms with Crippen molar-refractivity contribution < 1.29 is 8.78 Å². The molecule has 0 spiro atoms. The molecule has 16 heavy (non-hydrogen) atoms. The molecule has 0 saturated heterocycles. The molecule has 0 aromatic heterocycles. The molecule has 0 aliphatic carbocycles. The quantitative estimate of drug-likeness (QED) is 0.786. The maximum atomic E-state index is 13.3. The van der Waals surface area contributed by atoms with Crippen LogP contribution in [0.3, 0.4) is 0 Å². The Hall–Kier alpha value is -1.47. The molecule has 0 amide bonds. The van der Waals surface area contributed by atoms with Gasteiger partial charge in [0.15, 0.2) is 0 Å². The van der Waals surface area contributed by atoms with Crippen LogP contribution in [0.15, 0.2) is 18.2 Å². The van der Waals surface area contributed by atoms with Crippen molar-refractivity contribution >= 4 is 0 Å². The molecule has 0 N–H and O–H groups in total. The molecule has 86 valence electrons. The van der Waals surface area contributed by atoms with E-state index in [2.05, 4.69) is 0 Å². The van der Waals surface area contributed by atoms with Crippen molar-refractivity contribution in [3.63, 3.8) is 0 Å². The van der Waals surface area contributed by atoms with Crippen molar-refractivity contribution in [1.82, 2.24) is 4.90 Å². The van der Waals surface area contributed by atoms with Gasteiger partial charge in [0.25, 0.3) is 0 Å². The molecule has 0 aliphatic heterocycles. The molecule has 0 radical (unpaired) electrons. The topological polar surface area (TPSA) is 27.0 Å². The van der Waals surface area contributed by atoms with Gasteiger partial charge in [-0.2, -0.15) is 5.26 Å². The Labute approximate surface area is 94.1 Å². The van der Waals surface area contributed by atoms with Crippen molar-refractivity contribution in [2.24, 2.45) is 0 Å². The van der Waals surface area contributed by atoms with Crippen LogP contribution >= 0.6 is 0 Å². The number of rotatable bonds is 4. The van der Waals surface area contributed by atoms with Crippen LogP contribution in [-0.2, 0) is 6.54 Å². The van der Waals surface area contributed by atoms with Gasteiger partial charge in [-0.15, -0.1) is 0 Å². The SMILES string of the molecule is CC(CC#N)N(C)Cc1c(F)cccc1F. The lowest BCUT2D eigenvalue weighted by atomic mass is 10.1. The van der Waals surface area contributed by atoms with Crippen LogP contribution in [0.1, 0.15) is 18.9 Å². The first-order valence-corrected chi connectivity index (χ1v) is 5.06. The Morgan fingerprint density at radius 2 is 1.94 bits per heavy atom. The summed E-state index contributed by atoms with van der Waals surface area (Å²) in [6, 6.07) is 5.82. The highest BCUT2D eigenvalue weighted by atomic mass is 19.1. The number of hydrogen-bond acceptors (Lipinski definition) is 2. The fourth-order valence-corrected chi connectivity index (χ4v) is 1.38. The molecule has 0 aliphatic rings. The number of benzene rings is 1. The summed E-state index contributed by atoms with van der Waals surface area (Å²) in [4.78, 5) is 1.75. The van der Waals surface area contributed by atoms with Crippen molar-refractivity contribution in [3.8, 4) is 6.07 Å². The molecule has 1 rings (SSSR count). The van der Waals surface area contributed by atoms with Crippen LogP contribution in [0.2, 0.25) is 0 Å². The summed E-state index contributed by atoms with van der Waals surface area (Å²) in [6.07, 6.45) is 0.340. The molecule has 2 nitrogen and oxygen atoms in total. The summed E-state index contributed by atoms with van der Waals surface area (Å²) in [5.74, 6) is -1.09. The minimum absolute atomic E-state index is 0.0241. The zero-order valence-electron chi connectivity index (χ0n) is 9.37.